The maximum absolute atomic E-state index is 6.18. The number of nitrogens with two attached hydrogens (primary N) is 1. The lowest BCUT2D eigenvalue weighted by Gasteiger charge is -2.32. The predicted octanol–water partition coefficient (Wildman–Crippen LogP) is 3.22. The quantitative estimate of drug-likeness (QED) is 0.495. The summed E-state index contributed by atoms with van der Waals surface area (Å²) in [5, 5.41) is 0. The first-order valence-corrected chi connectivity index (χ1v) is 8.15. The topological polar surface area (TPSA) is 73.1 Å². The van der Waals surface area contributed by atoms with E-state index in [-0.39, 0.29) is 5.60 Å². The molecule has 3 N–H and O–H groups in total. The highest BCUT2D eigenvalue weighted by atomic mass is 16.5. The zero-order valence-corrected chi connectivity index (χ0v) is 13.5. The highest BCUT2D eigenvalue weighted by Gasteiger charge is 2.37. The van der Waals surface area contributed by atoms with Gasteiger partial charge in [0, 0.05) is 17.9 Å². The molecule has 1 aromatic heterocycles. The third-order valence-electron chi connectivity index (χ3n) is 4.46. The van der Waals surface area contributed by atoms with E-state index in [1.54, 1.807) is 0 Å². The highest BCUT2D eigenvalue weighted by molar-refractivity contribution is 5.45. The Morgan fingerprint density at radius 2 is 1.81 bits per heavy atom. The van der Waals surface area contributed by atoms with Crippen molar-refractivity contribution in [3.63, 3.8) is 0 Å². The third-order valence-corrected chi connectivity index (χ3v) is 4.46. The molecule has 0 bridgehead atoms. The molecule has 118 valence electrons. The summed E-state index contributed by atoms with van der Waals surface area (Å²) in [4.78, 5) is 9.51. The van der Waals surface area contributed by atoms with Crippen LogP contribution in [0.15, 0.2) is 0 Å². The molecule has 5 nitrogen and oxygen atoms in total. The van der Waals surface area contributed by atoms with Gasteiger partial charge in [-0.05, 0) is 33.1 Å². The maximum atomic E-state index is 6.18. The van der Waals surface area contributed by atoms with E-state index in [2.05, 4.69) is 17.3 Å². The number of hydrazine groups is 1. The molecule has 0 spiro atoms. The van der Waals surface area contributed by atoms with Crippen molar-refractivity contribution in [2.24, 2.45) is 5.84 Å². The minimum Gasteiger partial charge on any atom is -0.367 e. The molecule has 1 saturated carbocycles. The van der Waals surface area contributed by atoms with Crippen molar-refractivity contribution in [2.45, 2.75) is 71.3 Å². The molecule has 1 aliphatic rings. The SMILES string of the molecule is CCOC1(c2nc(CC)c(C)c(NN)n2)CCCCCC1. The van der Waals surface area contributed by atoms with Gasteiger partial charge in [-0.15, -0.1) is 0 Å². The van der Waals surface area contributed by atoms with Gasteiger partial charge in [0.05, 0.1) is 0 Å². The molecule has 5 heteroatoms. The predicted molar refractivity (Wildman–Crippen MR) is 85.0 cm³/mol. The van der Waals surface area contributed by atoms with Crippen molar-refractivity contribution in [1.29, 1.82) is 0 Å². The lowest BCUT2D eigenvalue weighted by molar-refractivity contribution is -0.0624. The van der Waals surface area contributed by atoms with E-state index in [0.717, 1.165) is 42.2 Å². The number of hydrogen-bond donors (Lipinski definition) is 2. The van der Waals surface area contributed by atoms with Gasteiger partial charge in [-0.25, -0.2) is 15.8 Å². The summed E-state index contributed by atoms with van der Waals surface area (Å²) < 4.78 is 6.18. The summed E-state index contributed by atoms with van der Waals surface area (Å²) in [6.07, 6.45) is 7.74. The minimum absolute atomic E-state index is 0.339. The van der Waals surface area contributed by atoms with E-state index in [0.29, 0.717) is 6.61 Å². The maximum Gasteiger partial charge on any atom is 0.162 e. The Morgan fingerprint density at radius 1 is 1.14 bits per heavy atom. The van der Waals surface area contributed by atoms with E-state index >= 15 is 0 Å². The molecule has 0 amide bonds. The van der Waals surface area contributed by atoms with Crippen LogP contribution in [0.25, 0.3) is 0 Å². The Bertz CT molecular complexity index is 442. The monoisotopic (exact) mass is 292 g/mol. The average Bonchev–Trinajstić information content (AvgIpc) is 2.74. The fourth-order valence-electron chi connectivity index (χ4n) is 3.26. The van der Waals surface area contributed by atoms with Gasteiger partial charge in [-0.2, -0.15) is 0 Å². The Kier molecular flexibility index (Phi) is 5.53. The van der Waals surface area contributed by atoms with Crippen molar-refractivity contribution < 1.29 is 4.74 Å². The standard InChI is InChI=1S/C16H28N4O/c1-4-13-12(3)14(20-17)19-15(18-13)16(21-5-2)10-8-6-7-9-11-16/h4-11,17H2,1-3H3,(H,18,19,20). The molecule has 1 aliphatic carbocycles. The summed E-state index contributed by atoms with van der Waals surface area (Å²) in [5.41, 5.74) is 4.46. The first kappa shape index (κ1) is 16.2. The summed E-state index contributed by atoms with van der Waals surface area (Å²) >= 11 is 0. The van der Waals surface area contributed by atoms with Crippen LogP contribution >= 0.6 is 0 Å². The number of anilines is 1. The molecule has 0 aromatic carbocycles. The van der Waals surface area contributed by atoms with Gasteiger partial charge in [0.25, 0.3) is 0 Å². The molecular formula is C16H28N4O. The van der Waals surface area contributed by atoms with Gasteiger partial charge in [0.1, 0.15) is 11.4 Å². The van der Waals surface area contributed by atoms with Crippen molar-refractivity contribution in [2.75, 3.05) is 12.0 Å². The van der Waals surface area contributed by atoms with Crippen LogP contribution in [0.4, 0.5) is 5.82 Å². The summed E-state index contributed by atoms with van der Waals surface area (Å²) in [6.45, 7) is 6.85. The van der Waals surface area contributed by atoms with Crippen LogP contribution in [0.1, 0.15) is 69.5 Å². The molecule has 1 fully saturated rings. The minimum atomic E-state index is -0.339. The number of aryl methyl sites for hydroxylation is 1. The Morgan fingerprint density at radius 3 is 2.33 bits per heavy atom. The molecule has 0 radical (unpaired) electrons. The fourth-order valence-corrected chi connectivity index (χ4v) is 3.26. The van der Waals surface area contributed by atoms with Gasteiger partial charge in [-0.3, -0.25) is 0 Å². The van der Waals surface area contributed by atoms with Crippen LogP contribution in [0.3, 0.4) is 0 Å². The lowest BCUT2D eigenvalue weighted by atomic mass is 9.92. The van der Waals surface area contributed by atoms with Crippen LogP contribution in [-0.4, -0.2) is 16.6 Å². The van der Waals surface area contributed by atoms with Gasteiger partial charge < -0.3 is 10.2 Å². The first-order chi connectivity index (χ1) is 10.2. The number of nitrogens with zero attached hydrogens (tertiary/aromatic N) is 2. The largest absolute Gasteiger partial charge is 0.367 e. The number of nitrogens with one attached hydrogen (secondary N) is 1. The van der Waals surface area contributed by atoms with E-state index in [1.807, 2.05) is 13.8 Å². The number of aromatic nitrogens is 2. The number of hydrogen-bond acceptors (Lipinski definition) is 5. The van der Waals surface area contributed by atoms with Crippen LogP contribution in [-0.2, 0) is 16.8 Å². The Labute approximate surface area is 127 Å². The highest BCUT2D eigenvalue weighted by Crippen LogP contribution is 2.38. The first-order valence-electron chi connectivity index (χ1n) is 8.15. The van der Waals surface area contributed by atoms with E-state index in [9.17, 15) is 0 Å². The summed E-state index contributed by atoms with van der Waals surface area (Å²) in [5.74, 6) is 7.17. The van der Waals surface area contributed by atoms with Gasteiger partial charge in [0.2, 0.25) is 0 Å². The molecule has 0 saturated heterocycles. The zero-order valence-electron chi connectivity index (χ0n) is 13.5. The van der Waals surface area contributed by atoms with Crippen LogP contribution in [0, 0.1) is 6.92 Å². The molecule has 1 aromatic rings. The smallest absolute Gasteiger partial charge is 0.162 e. The van der Waals surface area contributed by atoms with E-state index < -0.39 is 0 Å². The Balaban J connectivity index is 2.48. The normalized spacial score (nSPS) is 18.3. The molecule has 21 heavy (non-hydrogen) atoms. The number of ether oxygens (including phenoxy) is 1. The van der Waals surface area contributed by atoms with Crippen molar-refractivity contribution in [3.8, 4) is 0 Å². The second-order valence-electron chi connectivity index (χ2n) is 5.81. The lowest BCUT2D eigenvalue weighted by Crippen LogP contribution is -2.33. The zero-order chi connectivity index (χ0) is 15.3. The van der Waals surface area contributed by atoms with E-state index in [4.69, 9.17) is 15.6 Å². The molecule has 0 atom stereocenters. The van der Waals surface area contributed by atoms with Gasteiger partial charge in [0.15, 0.2) is 5.82 Å². The number of nitrogen functional groups attached to an aromatic ring is 1. The van der Waals surface area contributed by atoms with E-state index in [1.165, 1.54) is 25.7 Å². The molecule has 2 rings (SSSR count). The van der Waals surface area contributed by atoms with Crippen molar-refractivity contribution >= 4 is 5.82 Å². The molecule has 0 unspecified atom stereocenters. The fraction of sp³-hybridized carbons (Fsp3) is 0.750. The van der Waals surface area contributed by atoms with Gasteiger partial charge in [-0.1, -0.05) is 32.6 Å². The van der Waals surface area contributed by atoms with Gasteiger partial charge >= 0.3 is 0 Å². The average molecular weight is 292 g/mol. The molecule has 0 aliphatic heterocycles. The molecule has 1 heterocycles. The van der Waals surface area contributed by atoms with Crippen molar-refractivity contribution in [1.82, 2.24) is 9.97 Å². The van der Waals surface area contributed by atoms with Crippen LogP contribution in [0.5, 0.6) is 0 Å². The summed E-state index contributed by atoms with van der Waals surface area (Å²) in [6, 6.07) is 0. The number of rotatable bonds is 5. The van der Waals surface area contributed by atoms with Crippen LogP contribution < -0.4 is 11.3 Å². The molecular weight excluding hydrogens is 264 g/mol. The Hall–Kier alpha value is -1.20. The van der Waals surface area contributed by atoms with Crippen molar-refractivity contribution in [3.05, 3.63) is 17.1 Å². The second kappa shape index (κ2) is 7.18. The summed E-state index contributed by atoms with van der Waals surface area (Å²) in [7, 11) is 0. The third kappa shape index (κ3) is 3.35. The van der Waals surface area contributed by atoms with Crippen LogP contribution in [0.2, 0.25) is 0 Å². The second-order valence-corrected chi connectivity index (χ2v) is 5.81.